The molecule has 0 radical (unpaired) electrons. The molecule has 108 valence electrons. The number of carbonyl (C=O) groups is 1. The van der Waals surface area contributed by atoms with E-state index in [0.717, 1.165) is 16.9 Å². The van der Waals surface area contributed by atoms with Crippen molar-refractivity contribution in [1.29, 1.82) is 0 Å². The number of hydrogen-bond donors (Lipinski definition) is 2. The summed E-state index contributed by atoms with van der Waals surface area (Å²) in [4.78, 5) is 15.9. The fourth-order valence-corrected chi connectivity index (χ4v) is 2.70. The van der Waals surface area contributed by atoms with Gasteiger partial charge in [-0.05, 0) is 46.4 Å². The van der Waals surface area contributed by atoms with Crippen LogP contribution < -0.4 is 5.32 Å². The van der Waals surface area contributed by atoms with Crippen molar-refractivity contribution in [3.63, 3.8) is 0 Å². The minimum atomic E-state index is -0.947. The van der Waals surface area contributed by atoms with Gasteiger partial charge in [0.1, 0.15) is 11.4 Å². The number of nitrogens with one attached hydrogen (secondary N) is 1. The number of aryl methyl sites for hydroxylation is 1. The number of carboxylic acids is 1. The van der Waals surface area contributed by atoms with Gasteiger partial charge in [-0.25, -0.2) is 4.98 Å². The predicted octanol–water partition coefficient (Wildman–Crippen LogP) is 2.36. The van der Waals surface area contributed by atoms with Crippen molar-refractivity contribution in [3.8, 4) is 0 Å². The number of imidazole rings is 1. The third-order valence-corrected chi connectivity index (χ3v) is 3.94. The minimum Gasteiger partial charge on any atom is -0.480 e. The standard InChI is InChI=1S/C15H21N3O2/c1-10(9-15(3,16-4)14(19)20)18-11(2)17-12-7-5-6-8-13(12)18/h5-8,10,16H,9H2,1-4H3,(H,19,20). The maximum atomic E-state index is 11.4. The number of aliphatic carboxylic acids is 1. The van der Waals surface area contributed by atoms with Crippen LogP contribution in [-0.2, 0) is 4.79 Å². The number of fused-ring (bicyclic) bond motifs is 1. The van der Waals surface area contributed by atoms with Crippen LogP contribution in [0, 0.1) is 6.92 Å². The van der Waals surface area contributed by atoms with Gasteiger partial charge in [0.25, 0.3) is 0 Å². The Kier molecular flexibility index (Phi) is 3.81. The Hall–Kier alpha value is -1.88. The molecule has 0 fully saturated rings. The largest absolute Gasteiger partial charge is 0.480 e. The van der Waals surface area contributed by atoms with Gasteiger partial charge in [-0.1, -0.05) is 12.1 Å². The SMILES string of the molecule is CNC(C)(CC(C)n1c(C)nc2ccccc21)C(=O)O. The lowest BCUT2D eigenvalue weighted by atomic mass is 9.93. The molecule has 2 atom stereocenters. The quantitative estimate of drug-likeness (QED) is 0.879. The second-order valence-electron chi connectivity index (χ2n) is 5.46. The van der Waals surface area contributed by atoms with Crippen LogP contribution in [0.1, 0.15) is 32.1 Å². The number of likely N-dealkylation sites (N-methyl/N-ethyl adjacent to an activating group) is 1. The molecule has 2 N–H and O–H groups in total. The lowest BCUT2D eigenvalue weighted by Crippen LogP contribution is -2.48. The van der Waals surface area contributed by atoms with E-state index < -0.39 is 11.5 Å². The van der Waals surface area contributed by atoms with E-state index in [1.807, 2.05) is 38.1 Å². The van der Waals surface area contributed by atoms with E-state index in [1.54, 1.807) is 14.0 Å². The highest BCUT2D eigenvalue weighted by atomic mass is 16.4. The molecule has 0 saturated carbocycles. The number of nitrogens with zero attached hydrogens (tertiary/aromatic N) is 2. The summed E-state index contributed by atoms with van der Waals surface area (Å²) in [7, 11) is 1.68. The van der Waals surface area contributed by atoms with Crippen molar-refractivity contribution >= 4 is 17.0 Å². The van der Waals surface area contributed by atoms with E-state index in [4.69, 9.17) is 0 Å². The van der Waals surface area contributed by atoms with Gasteiger partial charge in [0.2, 0.25) is 0 Å². The number of benzene rings is 1. The first-order valence-electron chi connectivity index (χ1n) is 6.75. The van der Waals surface area contributed by atoms with Crippen LogP contribution in [0.5, 0.6) is 0 Å². The summed E-state index contributed by atoms with van der Waals surface area (Å²) in [6.07, 6.45) is 0.486. The van der Waals surface area contributed by atoms with Gasteiger partial charge in [-0.2, -0.15) is 0 Å². The number of hydrogen-bond acceptors (Lipinski definition) is 3. The molecule has 0 aliphatic heterocycles. The summed E-state index contributed by atoms with van der Waals surface area (Å²) in [5.41, 5.74) is 1.04. The first-order valence-corrected chi connectivity index (χ1v) is 6.75. The van der Waals surface area contributed by atoms with E-state index in [9.17, 15) is 9.90 Å². The maximum absolute atomic E-state index is 11.4. The smallest absolute Gasteiger partial charge is 0.323 e. The van der Waals surface area contributed by atoms with Crippen LogP contribution in [-0.4, -0.2) is 33.2 Å². The molecular weight excluding hydrogens is 254 g/mol. The van der Waals surface area contributed by atoms with Gasteiger partial charge in [0, 0.05) is 6.04 Å². The number of rotatable bonds is 5. The molecule has 0 bridgehead atoms. The molecular formula is C15H21N3O2. The fourth-order valence-electron chi connectivity index (χ4n) is 2.70. The molecule has 1 aromatic carbocycles. The van der Waals surface area contributed by atoms with Crippen LogP contribution in [0.25, 0.3) is 11.0 Å². The predicted molar refractivity (Wildman–Crippen MR) is 78.9 cm³/mol. The van der Waals surface area contributed by atoms with Crippen LogP contribution in [0.2, 0.25) is 0 Å². The average Bonchev–Trinajstić information content (AvgIpc) is 2.74. The van der Waals surface area contributed by atoms with Gasteiger partial charge in [-0.3, -0.25) is 4.79 Å². The maximum Gasteiger partial charge on any atom is 0.323 e. The average molecular weight is 275 g/mol. The summed E-state index contributed by atoms with van der Waals surface area (Å²) in [5, 5.41) is 12.3. The van der Waals surface area contributed by atoms with Gasteiger partial charge < -0.3 is 15.0 Å². The van der Waals surface area contributed by atoms with Gasteiger partial charge in [-0.15, -0.1) is 0 Å². The van der Waals surface area contributed by atoms with Crippen molar-refractivity contribution in [3.05, 3.63) is 30.1 Å². The third kappa shape index (κ3) is 2.41. The first kappa shape index (κ1) is 14.5. The molecule has 5 nitrogen and oxygen atoms in total. The molecule has 0 aliphatic carbocycles. The van der Waals surface area contributed by atoms with Gasteiger partial charge in [0.15, 0.2) is 0 Å². The second kappa shape index (κ2) is 5.25. The molecule has 2 aromatic rings. The Labute approximate surface area is 118 Å². The summed E-state index contributed by atoms with van der Waals surface area (Å²) in [6.45, 7) is 5.69. The Morgan fingerprint density at radius 3 is 2.75 bits per heavy atom. The summed E-state index contributed by atoms with van der Waals surface area (Å²) < 4.78 is 2.11. The summed E-state index contributed by atoms with van der Waals surface area (Å²) in [5.74, 6) is 0.0662. The second-order valence-corrected chi connectivity index (χ2v) is 5.46. The van der Waals surface area contributed by atoms with E-state index in [-0.39, 0.29) is 6.04 Å². The molecule has 2 unspecified atom stereocenters. The zero-order valence-electron chi connectivity index (χ0n) is 12.3. The van der Waals surface area contributed by atoms with E-state index in [1.165, 1.54) is 0 Å². The van der Waals surface area contributed by atoms with E-state index >= 15 is 0 Å². The van der Waals surface area contributed by atoms with Crippen LogP contribution in [0.3, 0.4) is 0 Å². The first-order chi connectivity index (χ1) is 9.39. The van der Waals surface area contributed by atoms with Crippen LogP contribution >= 0.6 is 0 Å². The Morgan fingerprint density at radius 2 is 2.15 bits per heavy atom. The molecule has 1 aromatic heterocycles. The van der Waals surface area contributed by atoms with E-state index in [2.05, 4.69) is 14.9 Å². The molecule has 0 amide bonds. The third-order valence-electron chi connectivity index (χ3n) is 3.94. The minimum absolute atomic E-state index is 0.0379. The summed E-state index contributed by atoms with van der Waals surface area (Å²) >= 11 is 0. The van der Waals surface area contributed by atoms with Crippen molar-refractivity contribution in [2.24, 2.45) is 0 Å². The molecule has 5 heteroatoms. The van der Waals surface area contributed by atoms with Crippen molar-refractivity contribution in [2.45, 2.75) is 38.8 Å². The normalized spacial score (nSPS) is 16.0. The van der Waals surface area contributed by atoms with Gasteiger partial charge >= 0.3 is 5.97 Å². The van der Waals surface area contributed by atoms with Crippen LogP contribution in [0.15, 0.2) is 24.3 Å². The highest BCUT2D eigenvalue weighted by Gasteiger charge is 2.34. The highest BCUT2D eigenvalue weighted by molar-refractivity contribution is 5.78. The molecule has 1 heterocycles. The Bertz CT molecular complexity index is 635. The summed E-state index contributed by atoms with van der Waals surface area (Å²) in [6, 6.07) is 7.96. The van der Waals surface area contributed by atoms with Crippen molar-refractivity contribution in [1.82, 2.24) is 14.9 Å². The van der Waals surface area contributed by atoms with Crippen molar-refractivity contribution in [2.75, 3.05) is 7.05 Å². The van der Waals surface area contributed by atoms with Gasteiger partial charge in [0.05, 0.1) is 11.0 Å². The Morgan fingerprint density at radius 1 is 1.50 bits per heavy atom. The molecule has 0 aliphatic rings. The fraction of sp³-hybridized carbons (Fsp3) is 0.467. The Balaban J connectivity index is 2.39. The van der Waals surface area contributed by atoms with Crippen LogP contribution in [0.4, 0.5) is 0 Å². The molecule has 0 saturated heterocycles. The lowest BCUT2D eigenvalue weighted by Gasteiger charge is -2.29. The van der Waals surface area contributed by atoms with E-state index in [0.29, 0.717) is 6.42 Å². The molecule has 20 heavy (non-hydrogen) atoms. The molecule has 2 rings (SSSR count). The monoisotopic (exact) mass is 275 g/mol. The zero-order chi connectivity index (χ0) is 14.9. The highest BCUT2D eigenvalue weighted by Crippen LogP contribution is 2.26. The number of carboxylic acid groups (broad SMARTS) is 1. The number of para-hydroxylation sites is 2. The number of aromatic nitrogens is 2. The zero-order valence-corrected chi connectivity index (χ0v) is 12.3. The lowest BCUT2D eigenvalue weighted by molar-refractivity contribution is -0.144. The van der Waals surface area contributed by atoms with Crippen molar-refractivity contribution < 1.29 is 9.90 Å². The topological polar surface area (TPSA) is 67.2 Å². The molecule has 0 spiro atoms.